The monoisotopic (exact) mass is 816 g/mol. The number of fused-ring (bicyclic) bond motifs is 9. The second kappa shape index (κ2) is 12.9. The van der Waals surface area contributed by atoms with Crippen LogP contribution in [0.3, 0.4) is 0 Å². The predicted molar refractivity (Wildman–Crippen MR) is 264 cm³/mol. The van der Waals surface area contributed by atoms with E-state index >= 15 is 0 Å². The fourth-order valence-corrected chi connectivity index (χ4v) is 12.2. The van der Waals surface area contributed by atoms with E-state index in [1.165, 1.54) is 132 Å². The zero-order chi connectivity index (χ0) is 41.6. The number of benzene rings is 8. The van der Waals surface area contributed by atoms with Crippen LogP contribution in [0.2, 0.25) is 0 Å². The summed E-state index contributed by atoms with van der Waals surface area (Å²) >= 11 is 0. The van der Waals surface area contributed by atoms with E-state index < -0.39 is 0 Å². The van der Waals surface area contributed by atoms with Crippen molar-refractivity contribution >= 4 is 65.2 Å². The fourth-order valence-electron chi connectivity index (χ4n) is 12.2. The van der Waals surface area contributed by atoms with E-state index in [1.807, 2.05) is 24.5 Å². The molecule has 0 spiro atoms. The number of hydrogen-bond donors (Lipinski definition) is 0. The number of aromatic nitrogens is 4. The molecule has 15 rings (SSSR count). The third-order valence-corrected chi connectivity index (χ3v) is 15.1. The van der Waals surface area contributed by atoms with Crippen molar-refractivity contribution in [3.05, 3.63) is 203 Å². The highest BCUT2D eigenvalue weighted by molar-refractivity contribution is 6.15. The molecule has 0 atom stereocenters. The Morgan fingerprint density at radius 2 is 0.734 bits per heavy atom. The Labute approximate surface area is 369 Å². The van der Waals surface area contributed by atoms with Gasteiger partial charge >= 0.3 is 0 Å². The Kier molecular flexibility index (Phi) is 6.99. The van der Waals surface area contributed by atoms with Gasteiger partial charge in [0.2, 0.25) is 0 Å². The van der Waals surface area contributed by atoms with E-state index in [9.17, 15) is 0 Å². The zero-order valence-corrected chi connectivity index (χ0v) is 35.2. The van der Waals surface area contributed by atoms with Crippen molar-refractivity contribution in [2.24, 2.45) is 0 Å². The average Bonchev–Trinajstić information content (AvgIpc) is 4.13. The Morgan fingerprint density at radius 1 is 0.297 bits per heavy atom. The SMILES string of the molecule is c1ccc(-n2c3ccc(-c4ccc5c6c(cccc46)CC5)cc3c3cc4c(cc32)-c2cc3c(cc2CC4)c2cc(-c4ccc5c6c(cccc46)CC5)ccc2n3-c2ccccn2)nc1. The number of rotatable bonds is 4. The topological polar surface area (TPSA) is 35.6 Å². The van der Waals surface area contributed by atoms with Crippen LogP contribution in [0.15, 0.2) is 170 Å². The normalized spacial score (nSPS) is 13.9. The van der Waals surface area contributed by atoms with E-state index in [-0.39, 0.29) is 0 Å². The summed E-state index contributed by atoms with van der Waals surface area (Å²) in [6.45, 7) is 0. The molecule has 0 fully saturated rings. The van der Waals surface area contributed by atoms with Crippen molar-refractivity contribution in [3.63, 3.8) is 0 Å². The molecule has 4 heterocycles. The molecule has 300 valence electrons. The molecule has 0 bridgehead atoms. The lowest BCUT2D eigenvalue weighted by Gasteiger charge is -2.21. The molecule has 0 amide bonds. The molecule has 0 aliphatic heterocycles. The van der Waals surface area contributed by atoms with E-state index in [2.05, 4.69) is 155 Å². The number of hydrogen-bond acceptors (Lipinski definition) is 2. The van der Waals surface area contributed by atoms with Crippen molar-refractivity contribution in [2.45, 2.75) is 38.5 Å². The molecule has 0 radical (unpaired) electrons. The maximum absolute atomic E-state index is 4.95. The largest absolute Gasteiger partial charge is 0.294 e. The van der Waals surface area contributed by atoms with Crippen LogP contribution in [0.5, 0.6) is 0 Å². The Bertz CT molecular complexity index is 3720. The first-order valence-electron chi connectivity index (χ1n) is 22.8. The first-order valence-corrected chi connectivity index (χ1v) is 22.8. The van der Waals surface area contributed by atoms with E-state index in [1.54, 1.807) is 0 Å². The van der Waals surface area contributed by atoms with Gasteiger partial charge in [0.05, 0.1) is 22.1 Å². The van der Waals surface area contributed by atoms with Gasteiger partial charge in [-0.1, -0.05) is 84.9 Å². The Morgan fingerprint density at radius 3 is 1.19 bits per heavy atom. The summed E-state index contributed by atoms with van der Waals surface area (Å²) in [6.07, 6.45) is 10.3. The van der Waals surface area contributed by atoms with Gasteiger partial charge in [-0.3, -0.25) is 9.13 Å². The third kappa shape index (κ3) is 4.77. The zero-order valence-electron chi connectivity index (χ0n) is 35.2. The molecule has 0 saturated heterocycles. The van der Waals surface area contributed by atoms with Gasteiger partial charge in [-0.25, -0.2) is 9.97 Å². The van der Waals surface area contributed by atoms with Crippen LogP contribution in [0.25, 0.3) is 110 Å². The van der Waals surface area contributed by atoms with Crippen molar-refractivity contribution in [1.29, 1.82) is 0 Å². The molecule has 3 aliphatic carbocycles. The van der Waals surface area contributed by atoms with Crippen LogP contribution in [0.1, 0.15) is 33.4 Å². The van der Waals surface area contributed by atoms with E-state index in [0.717, 1.165) is 50.2 Å². The number of aryl methyl sites for hydroxylation is 6. The molecule has 0 saturated carbocycles. The molecular formula is C60H40N4. The van der Waals surface area contributed by atoms with Crippen LogP contribution in [0.4, 0.5) is 0 Å². The molecule has 12 aromatic rings. The van der Waals surface area contributed by atoms with Gasteiger partial charge in [-0.15, -0.1) is 0 Å². The molecule has 0 unspecified atom stereocenters. The lowest BCUT2D eigenvalue weighted by atomic mass is 9.84. The minimum absolute atomic E-state index is 0.929. The van der Waals surface area contributed by atoms with Gasteiger partial charge in [0.1, 0.15) is 11.6 Å². The maximum Gasteiger partial charge on any atom is 0.137 e. The minimum atomic E-state index is 0.929. The summed E-state index contributed by atoms with van der Waals surface area (Å²) in [5, 5.41) is 10.7. The van der Waals surface area contributed by atoms with Crippen LogP contribution in [-0.4, -0.2) is 19.1 Å². The summed E-state index contributed by atoms with van der Waals surface area (Å²) in [6, 6.07) is 59.7. The van der Waals surface area contributed by atoms with Crippen LogP contribution >= 0.6 is 0 Å². The maximum atomic E-state index is 4.95. The molecule has 8 aromatic carbocycles. The van der Waals surface area contributed by atoms with Crippen molar-refractivity contribution in [1.82, 2.24) is 19.1 Å². The van der Waals surface area contributed by atoms with Gasteiger partial charge in [0.15, 0.2) is 0 Å². The summed E-state index contributed by atoms with van der Waals surface area (Å²) in [4.78, 5) is 9.89. The van der Waals surface area contributed by atoms with Gasteiger partial charge in [0.25, 0.3) is 0 Å². The smallest absolute Gasteiger partial charge is 0.137 e. The first kappa shape index (κ1) is 34.7. The molecule has 4 heteroatoms. The van der Waals surface area contributed by atoms with E-state index in [4.69, 9.17) is 9.97 Å². The van der Waals surface area contributed by atoms with Crippen molar-refractivity contribution in [3.8, 4) is 45.0 Å². The van der Waals surface area contributed by atoms with Crippen LogP contribution in [0, 0.1) is 0 Å². The quantitative estimate of drug-likeness (QED) is 0.177. The number of pyridine rings is 2. The highest BCUT2D eigenvalue weighted by Gasteiger charge is 2.26. The Balaban J connectivity index is 0.954. The second-order valence-corrected chi connectivity index (χ2v) is 18.3. The minimum Gasteiger partial charge on any atom is -0.294 e. The van der Waals surface area contributed by atoms with Gasteiger partial charge in [-0.05, 0) is 200 Å². The molecule has 4 nitrogen and oxygen atoms in total. The van der Waals surface area contributed by atoms with Crippen molar-refractivity contribution in [2.75, 3.05) is 0 Å². The molecule has 0 N–H and O–H groups in total. The summed E-state index contributed by atoms with van der Waals surface area (Å²) < 4.78 is 4.75. The third-order valence-electron chi connectivity index (χ3n) is 15.1. The summed E-state index contributed by atoms with van der Waals surface area (Å²) in [7, 11) is 0. The Hall–Kier alpha value is -7.82. The highest BCUT2D eigenvalue weighted by atomic mass is 15.1. The van der Waals surface area contributed by atoms with Crippen molar-refractivity contribution < 1.29 is 0 Å². The van der Waals surface area contributed by atoms with Gasteiger partial charge < -0.3 is 0 Å². The van der Waals surface area contributed by atoms with Crippen LogP contribution in [-0.2, 0) is 38.5 Å². The van der Waals surface area contributed by atoms with E-state index in [0.29, 0.717) is 0 Å². The molecular weight excluding hydrogens is 777 g/mol. The standard InChI is InChI=1S/C60H40N4/c1-3-27-61-57(11-1)63-53-25-21-39(43-23-19-37-15-13-35-7-5-9-45(43)59(35)37)29-49(53)51-31-41-17-18-42-32-52-50-30-40(44-24-20-38-16-14-36-8-6-10-46(44)60(36)38)22-26-54(50)64(58-12-2-4-28-62-58)56(52)34-48(42)47(41)33-55(51)63/h1-12,19-34H,13-18H2. The van der Waals surface area contributed by atoms with Crippen LogP contribution < -0.4 is 0 Å². The van der Waals surface area contributed by atoms with Gasteiger partial charge in [-0.2, -0.15) is 0 Å². The molecule has 3 aliphatic rings. The lowest BCUT2D eigenvalue weighted by molar-refractivity contribution is 0.945. The predicted octanol–water partition coefficient (Wildman–Crippen LogP) is 14.3. The fraction of sp³-hybridized carbons (Fsp3) is 0.100. The summed E-state index contributed by atoms with van der Waals surface area (Å²) in [5.74, 6) is 1.86. The lowest BCUT2D eigenvalue weighted by Crippen LogP contribution is -2.05. The average molecular weight is 817 g/mol. The first-order chi connectivity index (χ1) is 31.7. The summed E-state index contributed by atoms with van der Waals surface area (Å²) in [5.41, 5.74) is 21.1. The number of nitrogens with zero attached hydrogens (tertiary/aromatic N) is 4. The molecule has 64 heavy (non-hydrogen) atoms. The molecule has 4 aromatic heterocycles. The van der Waals surface area contributed by atoms with Gasteiger partial charge in [0, 0.05) is 33.9 Å². The highest BCUT2D eigenvalue weighted by Crippen LogP contribution is 2.46. The second-order valence-electron chi connectivity index (χ2n) is 18.3.